The number of amides is 3. The van der Waals surface area contributed by atoms with Crippen molar-refractivity contribution in [2.24, 2.45) is 0 Å². The molecular weight excluding hydrogens is 420 g/mol. The van der Waals surface area contributed by atoms with Crippen LogP contribution < -0.4 is 20.3 Å². The molecule has 3 rings (SSSR count). The van der Waals surface area contributed by atoms with Crippen LogP contribution in [-0.2, 0) is 19.1 Å². The molecule has 2 aromatic rings. The fourth-order valence-electron chi connectivity index (χ4n) is 3.22. The van der Waals surface area contributed by atoms with E-state index in [-0.39, 0.29) is 43.2 Å². The second kappa shape index (κ2) is 11.4. The van der Waals surface area contributed by atoms with Crippen molar-refractivity contribution >= 4 is 39.9 Å². The van der Waals surface area contributed by atoms with Crippen LogP contribution in [0.25, 0.3) is 0 Å². The van der Waals surface area contributed by atoms with E-state index in [4.69, 9.17) is 9.47 Å². The van der Waals surface area contributed by atoms with Gasteiger partial charge in [0.2, 0.25) is 17.7 Å². The minimum atomic E-state index is -0.356. The van der Waals surface area contributed by atoms with Gasteiger partial charge >= 0.3 is 0 Å². The smallest absolute Gasteiger partial charge is 0.240 e. The third-order valence-corrected chi connectivity index (χ3v) is 5.46. The SMILES string of the molecule is COc1ccccc1N(CC(=O)NCC1CCCO1)C(=O)CCC(=O)Nc1nccs1. The summed E-state index contributed by atoms with van der Waals surface area (Å²) in [6.07, 6.45) is 3.40. The van der Waals surface area contributed by atoms with Crippen LogP contribution in [0.4, 0.5) is 10.8 Å². The summed E-state index contributed by atoms with van der Waals surface area (Å²) in [5.74, 6) is -0.505. The first-order valence-electron chi connectivity index (χ1n) is 10.1. The monoisotopic (exact) mass is 446 g/mol. The topological polar surface area (TPSA) is 110 Å². The summed E-state index contributed by atoms with van der Waals surface area (Å²) in [5, 5.41) is 7.71. The van der Waals surface area contributed by atoms with Crippen molar-refractivity contribution in [1.29, 1.82) is 0 Å². The van der Waals surface area contributed by atoms with Gasteiger partial charge in [0.25, 0.3) is 0 Å². The van der Waals surface area contributed by atoms with Gasteiger partial charge in [-0.2, -0.15) is 0 Å². The molecule has 2 N–H and O–H groups in total. The van der Waals surface area contributed by atoms with Crippen molar-refractivity contribution in [3.63, 3.8) is 0 Å². The van der Waals surface area contributed by atoms with Crippen LogP contribution in [0.1, 0.15) is 25.7 Å². The van der Waals surface area contributed by atoms with Gasteiger partial charge in [-0.3, -0.25) is 19.3 Å². The largest absolute Gasteiger partial charge is 0.495 e. The number of benzene rings is 1. The number of nitrogens with zero attached hydrogens (tertiary/aromatic N) is 2. The Balaban J connectivity index is 1.63. The van der Waals surface area contributed by atoms with Gasteiger partial charge < -0.3 is 20.1 Å². The molecule has 1 aromatic heterocycles. The fourth-order valence-corrected chi connectivity index (χ4v) is 3.76. The number of para-hydroxylation sites is 2. The van der Waals surface area contributed by atoms with Crippen LogP contribution in [0.2, 0.25) is 0 Å². The number of rotatable bonds is 10. The van der Waals surface area contributed by atoms with Gasteiger partial charge in [0.1, 0.15) is 12.3 Å². The second-order valence-electron chi connectivity index (χ2n) is 6.98. The molecule has 0 bridgehead atoms. The van der Waals surface area contributed by atoms with Gasteiger partial charge in [-0.1, -0.05) is 12.1 Å². The molecule has 2 heterocycles. The number of thiazole rings is 1. The number of methoxy groups -OCH3 is 1. The lowest BCUT2D eigenvalue weighted by Gasteiger charge is -2.24. The molecule has 0 radical (unpaired) electrons. The number of carbonyl (C=O) groups excluding carboxylic acids is 3. The number of ether oxygens (including phenoxy) is 2. The minimum absolute atomic E-state index is 0.00826. The highest BCUT2D eigenvalue weighted by atomic mass is 32.1. The molecule has 3 amide bonds. The van der Waals surface area contributed by atoms with Crippen LogP contribution in [0, 0.1) is 0 Å². The lowest BCUT2D eigenvalue weighted by molar-refractivity contribution is -0.125. The van der Waals surface area contributed by atoms with E-state index in [0.717, 1.165) is 12.8 Å². The van der Waals surface area contributed by atoms with Crippen molar-refractivity contribution in [3.8, 4) is 5.75 Å². The third-order valence-electron chi connectivity index (χ3n) is 4.77. The summed E-state index contributed by atoms with van der Waals surface area (Å²) in [6, 6.07) is 6.97. The van der Waals surface area contributed by atoms with Crippen molar-refractivity contribution < 1.29 is 23.9 Å². The predicted octanol–water partition coefficient (Wildman–Crippen LogP) is 2.20. The second-order valence-corrected chi connectivity index (χ2v) is 7.87. The summed E-state index contributed by atoms with van der Waals surface area (Å²) in [7, 11) is 1.50. The standard InChI is InChI=1S/C21H26N4O5S/c1-29-17-7-3-2-6-16(17)25(14-19(27)23-13-15-5-4-11-30-15)20(28)9-8-18(26)24-21-22-10-12-31-21/h2-3,6-7,10,12,15H,4-5,8-9,11,13-14H2,1H3,(H,23,27)(H,22,24,26). The molecule has 1 aliphatic heterocycles. The Bertz CT molecular complexity index is 884. The van der Waals surface area contributed by atoms with E-state index in [0.29, 0.717) is 29.7 Å². The zero-order valence-electron chi connectivity index (χ0n) is 17.3. The van der Waals surface area contributed by atoms with Crippen LogP contribution >= 0.6 is 11.3 Å². The maximum absolute atomic E-state index is 13.0. The Kier molecular flexibility index (Phi) is 8.36. The number of anilines is 2. The average Bonchev–Trinajstić information content (AvgIpc) is 3.48. The molecule has 1 saturated heterocycles. The van der Waals surface area contributed by atoms with Crippen LogP contribution in [0.15, 0.2) is 35.8 Å². The average molecular weight is 447 g/mol. The van der Waals surface area contributed by atoms with E-state index in [9.17, 15) is 14.4 Å². The molecule has 1 aliphatic rings. The van der Waals surface area contributed by atoms with Gasteiger partial charge in [0, 0.05) is 37.6 Å². The molecule has 1 aromatic carbocycles. The number of aromatic nitrogens is 1. The van der Waals surface area contributed by atoms with Crippen molar-refractivity contribution in [1.82, 2.24) is 10.3 Å². The fraction of sp³-hybridized carbons (Fsp3) is 0.429. The summed E-state index contributed by atoms with van der Waals surface area (Å²) < 4.78 is 10.9. The normalized spacial score (nSPS) is 15.3. The molecule has 166 valence electrons. The summed E-state index contributed by atoms with van der Waals surface area (Å²) in [6.45, 7) is 0.929. The number of nitrogens with one attached hydrogen (secondary N) is 2. The van der Waals surface area contributed by atoms with E-state index < -0.39 is 0 Å². The number of hydrogen-bond acceptors (Lipinski definition) is 7. The van der Waals surface area contributed by atoms with Crippen molar-refractivity contribution in [3.05, 3.63) is 35.8 Å². The third kappa shape index (κ3) is 6.76. The molecule has 0 spiro atoms. The lowest BCUT2D eigenvalue weighted by atomic mass is 10.2. The van der Waals surface area contributed by atoms with E-state index in [1.807, 2.05) is 0 Å². The molecule has 31 heavy (non-hydrogen) atoms. The predicted molar refractivity (Wildman–Crippen MR) is 117 cm³/mol. The van der Waals surface area contributed by atoms with Crippen molar-refractivity contribution in [2.45, 2.75) is 31.8 Å². The van der Waals surface area contributed by atoms with E-state index in [1.165, 1.54) is 23.3 Å². The Hall–Kier alpha value is -2.98. The molecule has 1 atom stereocenters. The van der Waals surface area contributed by atoms with E-state index in [1.54, 1.807) is 35.8 Å². The zero-order valence-corrected chi connectivity index (χ0v) is 18.2. The first-order chi connectivity index (χ1) is 15.1. The zero-order chi connectivity index (χ0) is 22.1. The van der Waals surface area contributed by atoms with Crippen LogP contribution in [0.3, 0.4) is 0 Å². The Morgan fingerprint density at radius 2 is 2.10 bits per heavy atom. The molecule has 1 fully saturated rings. The Morgan fingerprint density at radius 1 is 1.26 bits per heavy atom. The molecule has 0 saturated carbocycles. The molecule has 0 aliphatic carbocycles. The van der Waals surface area contributed by atoms with Gasteiger partial charge in [0.15, 0.2) is 5.13 Å². The summed E-state index contributed by atoms with van der Waals surface area (Å²) in [4.78, 5) is 43.0. The van der Waals surface area contributed by atoms with Crippen LogP contribution in [0.5, 0.6) is 5.75 Å². The highest BCUT2D eigenvalue weighted by Gasteiger charge is 2.24. The summed E-state index contributed by atoms with van der Waals surface area (Å²) in [5.41, 5.74) is 0.475. The van der Waals surface area contributed by atoms with Crippen LogP contribution in [-0.4, -0.2) is 55.6 Å². The molecule has 9 nitrogen and oxygen atoms in total. The van der Waals surface area contributed by atoms with Crippen molar-refractivity contribution in [2.75, 3.05) is 37.0 Å². The first-order valence-corrected chi connectivity index (χ1v) is 11.0. The number of hydrogen-bond donors (Lipinski definition) is 2. The van der Waals surface area contributed by atoms with Gasteiger partial charge in [0.05, 0.1) is 18.9 Å². The Morgan fingerprint density at radius 3 is 2.81 bits per heavy atom. The molecule has 10 heteroatoms. The maximum Gasteiger partial charge on any atom is 0.240 e. The molecular formula is C21H26N4O5S. The highest BCUT2D eigenvalue weighted by Crippen LogP contribution is 2.28. The maximum atomic E-state index is 13.0. The minimum Gasteiger partial charge on any atom is -0.495 e. The number of carbonyl (C=O) groups is 3. The quantitative estimate of drug-likeness (QED) is 0.579. The van der Waals surface area contributed by atoms with E-state index >= 15 is 0 Å². The van der Waals surface area contributed by atoms with E-state index in [2.05, 4.69) is 15.6 Å². The van der Waals surface area contributed by atoms with Gasteiger partial charge in [-0.25, -0.2) is 4.98 Å². The highest BCUT2D eigenvalue weighted by molar-refractivity contribution is 7.13. The lowest BCUT2D eigenvalue weighted by Crippen LogP contribution is -2.43. The Labute approximate surface area is 184 Å². The van der Waals surface area contributed by atoms with Gasteiger partial charge in [-0.15, -0.1) is 11.3 Å². The first kappa shape index (κ1) is 22.7. The van der Waals surface area contributed by atoms with Gasteiger partial charge in [-0.05, 0) is 25.0 Å². The molecule has 1 unspecified atom stereocenters. The summed E-state index contributed by atoms with van der Waals surface area (Å²) >= 11 is 1.30.